The van der Waals surface area contributed by atoms with Crippen LogP contribution in [0.15, 0.2) is 41.1 Å². The summed E-state index contributed by atoms with van der Waals surface area (Å²) in [5.74, 6) is -0.344. The molecule has 0 saturated heterocycles. The molecular weight excluding hydrogens is 284 g/mol. The fourth-order valence-corrected chi connectivity index (χ4v) is 2.44. The van der Waals surface area contributed by atoms with Gasteiger partial charge in [-0.3, -0.25) is 9.59 Å². The van der Waals surface area contributed by atoms with Gasteiger partial charge in [0.2, 0.25) is 11.8 Å². The Morgan fingerprint density at radius 1 is 1.14 bits per heavy atom. The third-order valence-electron chi connectivity index (χ3n) is 2.87. The van der Waals surface area contributed by atoms with Crippen LogP contribution >= 0.6 is 11.3 Å². The average Bonchev–Trinajstić information content (AvgIpc) is 2.94. The number of benzene rings is 1. The van der Waals surface area contributed by atoms with Crippen LogP contribution in [0.1, 0.15) is 18.1 Å². The number of hydrogen-bond acceptors (Lipinski definition) is 3. The lowest BCUT2D eigenvalue weighted by Crippen LogP contribution is -2.11. The largest absolute Gasteiger partial charge is 0.326 e. The number of thiophene rings is 1. The number of rotatable bonds is 4. The van der Waals surface area contributed by atoms with Crippen LogP contribution in [0.25, 0.3) is 6.08 Å². The summed E-state index contributed by atoms with van der Waals surface area (Å²) < 4.78 is 0. The summed E-state index contributed by atoms with van der Waals surface area (Å²) >= 11 is 1.58. The number of hydrogen-bond donors (Lipinski definition) is 2. The molecule has 0 unspecified atom stereocenters. The minimum absolute atomic E-state index is 0.140. The molecule has 0 aliphatic carbocycles. The number of nitrogens with one attached hydrogen (secondary N) is 2. The molecule has 5 heteroatoms. The van der Waals surface area contributed by atoms with Gasteiger partial charge in [0.15, 0.2) is 0 Å². The van der Waals surface area contributed by atoms with Gasteiger partial charge < -0.3 is 10.6 Å². The van der Waals surface area contributed by atoms with E-state index in [2.05, 4.69) is 10.6 Å². The molecule has 1 aromatic heterocycles. The molecule has 0 radical (unpaired) electrons. The molecule has 21 heavy (non-hydrogen) atoms. The highest BCUT2D eigenvalue weighted by Crippen LogP contribution is 2.23. The van der Waals surface area contributed by atoms with Crippen molar-refractivity contribution in [3.8, 4) is 0 Å². The minimum atomic E-state index is -0.204. The van der Waals surface area contributed by atoms with E-state index in [1.807, 2.05) is 23.8 Å². The van der Waals surface area contributed by atoms with E-state index in [1.54, 1.807) is 35.6 Å². The molecule has 0 atom stereocenters. The molecule has 0 aliphatic rings. The van der Waals surface area contributed by atoms with Crippen molar-refractivity contribution in [2.75, 3.05) is 10.6 Å². The topological polar surface area (TPSA) is 58.2 Å². The number of amides is 2. The van der Waals surface area contributed by atoms with E-state index in [1.165, 1.54) is 13.0 Å². The van der Waals surface area contributed by atoms with Crippen molar-refractivity contribution in [1.29, 1.82) is 0 Å². The highest BCUT2D eigenvalue weighted by Gasteiger charge is 2.06. The Morgan fingerprint density at radius 2 is 1.86 bits per heavy atom. The highest BCUT2D eigenvalue weighted by molar-refractivity contribution is 7.08. The number of carbonyl (C=O) groups is 2. The van der Waals surface area contributed by atoms with E-state index in [0.717, 1.165) is 11.1 Å². The highest BCUT2D eigenvalue weighted by atomic mass is 32.1. The van der Waals surface area contributed by atoms with Crippen molar-refractivity contribution >= 4 is 40.6 Å². The van der Waals surface area contributed by atoms with Crippen LogP contribution in [0.5, 0.6) is 0 Å². The van der Waals surface area contributed by atoms with Crippen LogP contribution in [0.4, 0.5) is 11.4 Å². The molecule has 0 bridgehead atoms. The normalized spacial score (nSPS) is 10.6. The van der Waals surface area contributed by atoms with Gasteiger partial charge in [0.05, 0.1) is 0 Å². The van der Waals surface area contributed by atoms with Crippen LogP contribution in [-0.4, -0.2) is 11.8 Å². The molecule has 0 aliphatic heterocycles. The quantitative estimate of drug-likeness (QED) is 0.846. The molecule has 0 fully saturated rings. The Morgan fingerprint density at radius 3 is 2.48 bits per heavy atom. The van der Waals surface area contributed by atoms with Crippen molar-refractivity contribution in [3.05, 3.63) is 52.2 Å². The van der Waals surface area contributed by atoms with E-state index < -0.39 is 0 Å². The SMILES string of the molecule is CC(=O)Nc1cccc(NC(=O)/C=C/c2ccsc2)c1C. The fraction of sp³-hybridized carbons (Fsp3) is 0.125. The van der Waals surface area contributed by atoms with Gasteiger partial charge >= 0.3 is 0 Å². The second-order valence-electron chi connectivity index (χ2n) is 4.54. The van der Waals surface area contributed by atoms with Gasteiger partial charge in [0.25, 0.3) is 0 Å². The van der Waals surface area contributed by atoms with Crippen LogP contribution in [0.3, 0.4) is 0 Å². The summed E-state index contributed by atoms with van der Waals surface area (Å²) in [7, 11) is 0. The van der Waals surface area contributed by atoms with E-state index in [-0.39, 0.29) is 11.8 Å². The Labute approximate surface area is 127 Å². The zero-order valence-corrected chi connectivity index (χ0v) is 12.7. The lowest BCUT2D eigenvalue weighted by Gasteiger charge is -2.11. The summed E-state index contributed by atoms with van der Waals surface area (Å²) in [4.78, 5) is 23.0. The fourth-order valence-electron chi connectivity index (χ4n) is 1.81. The molecule has 4 nitrogen and oxygen atoms in total. The monoisotopic (exact) mass is 300 g/mol. The van der Waals surface area contributed by atoms with Crippen molar-refractivity contribution in [1.82, 2.24) is 0 Å². The van der Waals surface area contributed by atoms with Crippen LogP contribution in [0, 0.1) is 6.92 Å². The molecule has 108 valence electrons. The van der Waals surface area contributed by atoms with Crippen LogP contribution in [-0.2, 0) is 9.59 Å². The van der Waals surface area contributed by atoms with Crippen LogP contribution in [0.2, 0.25) is 0 Å². The molecule has 2 aromatic rings. The molecule has 1 aromatic carbocycles. The summed E-state index contributed by atoms with van der Waals surface area (Å²) in [5.41, 5.74) is 3.20. The number of anilines is 2. The average molecular weight is 300 g/mol. The maximum Gasteiger partial charge on any atom is 0.248 e. The van der Waals surface area contributed by atoms with E-state index in [4.69, 9.17) is 0 Å². The van der Waals surface area contributed by atoms with Gasteiger partial charge in [-0.2, -0.15) is 11.3 Å². The van der Waals surface area contributed by atoms with E-state index >= 15 is 0 Å². The lowest BCUT2D eigenvalue weighted by atomic mass is 10.1. The van der Waals surface area contributed by atoms with Gasteiger partial charge in [0.1, 0.15) is 0 Å². The second kappa shape index (κ2) is 6.85. The minimum Gasteiger partial charge on any atom is -0.326 e. The predicted octanol–water partition coefficient (Wildman–Crippen LogP) is 3.67. The first-order valence-corrected chi connectivity index (χ1v) is 7.39. The Hall–Kier alpha value is -2.40. The third kappa shape index (κ3) is 4.29. The smallest absolute Gasteiger partial charge is 0.248 e. The van der Waals surface area contributed by atoms with Crippen molar-refractivity contribution in [2.45, 2.75) is 13.8 Å². The summed E-state index contributed by atoms with van der Waals surface area (Å²) in [6, 6.07) is 7.33. The van der Waals surface area contributed by atoms with Gasteiger partial charge in [-0.05, 0) is 53.1 Å². The van der Waals surface area contributed by atoms with E-state index in [0.29, 0.717) is 11.4 Å². The maximum absolute atomic E-state index is 11.9. The summed E-state index contributed by atoms with van der Waals surface area (Å²) in [6.07, 6.45) is 3.26. The van der Waals surface area contributed by atoms with Gasteiger partial charge in [-0.1, -0.05) is 6.07 Å². The molecular formula is C16H16N2O2S. The number of carbonyl (C=O) groups excluding carboxylic acids is 2. The van der Waals surface area contributed by atoms with Gasteiger partial charge in [-0.25, -0.2) is 0 Å². The van der Waals surface area contributed by atoms with E-state index in [9.17, 15) is 9.59 Å². The Balaban J connectivity index is 2.08. The molecule has 2 rings (SSSR count). The first-order chi connectivity index (χ1) is 10.1. The van der Waals surface area contributed by atoms with Gasteiger partial charge in [-0.15, -0.1) is 0 Å². The summed E-state index contributed by atoms with van der Waals surface area (Å²) in [5, 5.41) is 9.47. The van der Waals surface area contributed by atoms with Gasteiger partial charge in [0, 0.05) is 24.4 Å². The Bertz CT molecular complexity index is 676. The molecule has 2 N–H and O–H groups in total. The molecule has 2 amide bonds. The molecule has 0 saturated carbocycles. The van der Waals surface area contributed by atoms with Crippen molar-refractivity contribution < 1.29 is 9.59 Å². The maximum atomic E-state index is 11.9. The molecule has 1 heterocycles. The predicted molar refractivity (Wildman–Crippen MR) is 87.5 cm³/mol. The third-order valence-corrected chi connectivity index (χ3v) is 3.57. The standard InChI is InChI=1S/C16H16N2O2S/c1-11-14(17-12(2)19)4-3-5-15(11)18-16(20)7-6-13-8-9-21-10-13/h3-10H,1-2H3,(H,17,19)(H,18,20)/b7-6+. The zero-order chi connectivity index (χ0) is 15.2. The summed E-state index contributed by atoms with van der Waals surface area (Å²) in [6.45, 7) is 3.30. The first kappa shape index (κ1) is 15.0. The van der Waals surface area contributed by atoms with Crippen molar-refractivity contribution in [2.24, 2.45) is 0 Å². The lowest BCUT2D eigenvalue weighted by molar-refractivity contribution is -0.114. The zero-order valence-electron chi connectivity index (χ0n) is 11.8. The Kier molecular flexibility index (Phi) is 4.90. The van der Waals surface area contributed by atoms with Crippen molar-refractivity contribution in [3.63, 3.8) is 0 Å². The first-order valence-electron chi connectivity index (χ1n) is 6.45. The van der Waals surface area contributed by atoms with Crippen LogP contribution < -0.4 is 10.6 Å². The second-order valence-corrected chi connectivity index (χ2v) is 5.32. The molecule has 0 spiro atoms.